The van der Waals surface area contributed by atoms with Crippen LogP contribution in [0, 0.1) is 5.92 Å². The number of benzene rings is 1. The summed E-state index contributed by atoms with van der Waals surface area (Å²) in [6, 6.07) is 4.55. The Morgan fingerprint density at radius 1 is 1.32 bits per heavy atom. The molecule has 0 aliphatic carbocycles. The lowest BCUT2D eigenvalue weighted by Crippen LogP contribution is -2.29. The van der Waals surface area contributed by atoms with E-state index in [1.54, 1.807) is 6.07 Å². The Morgan fingerprint density at radius 3 is 2.42 bits per heavy atom. The Morgan fingerprint density at radius 2 is 1.95 bits per heavy atom. The van der Waals surface area contributed by atoms with Crippen LogP contribution in [0.2, 0.25) is 0 Å². The predicted molar refractivity (Wildman–Crippen MR) is 76.7 cm³/mol. The summed E-state index contributed by atoms with van der Waals surface area (Å²) in [6.07, 6.45) is 1.88. The number of methoxy groups -OCH3 is 1. The molecular weight excluding hydrogens is 264 g/mol. The summed E-state index contributed by atoms with van der Waals surface area (Å²) >= 11 is 0. The average molecular weight is 286 g/mol. The van der Waals surface area contributed by atoms with E-state index in [0.717, 1.165) is 12.8 Å². The molecule has 1 aromatic carbocycles. The zero-order valence-corrected chi connectivity index (χ0v) is 12.5. The van der Waals surface area contributed by atoms with E-state index < -0.39 is 10.0 Å². The smallest absolute Gasteiger partial charge is 0.242 e. The first-order valence-electron chi connectivity index (χ1n) is 6.37. The zero-order valence-electron chi connectivity index (χ0n) is 11.6. The number of nitrogen functional groups attached to an aromatic ring is 1. The number of nitrogens with two attached hydrogens (primary N) is 1. The molecule has 108 valence electrons. The average Bonchev–Trinajstić information content (AvgIpc) is 2.39. The normalized spacial score (nSPS) is 11.8. The standard InChI is InChI=1S/C13H22N2O3S/c1-4-10(5-2)9-15-19(16,17)13-7-6-11(18-3)8-12(13)14/h6-8,10,15H,4-5,9,14H2,1-3H3. The van der Waals surface area contributed by atoms with Crippen molar-refractivity contribution in [3.63, 3.8) is 0 Å². The second kappa shape index (κ2) is 6.77. The summed E-state index contributed by atoms with van der Waals surface area (Å²) in [5.41, 5.74) is 5.95. The van der Waals surface area contributed by atoms with Crippen LogP contribution in [0.25, 0.3) is 0 Å². The fourth-order valence-corrected chi connectivity index (χ4v) is 3.01. The molecule has 0 radical (unpaired) electrons. The van der Waals surface area contributed by atoms with Gasteiger partial charge in [-0.1, -0.05) is 26.7 Å². The lowest BCUT2D eigenvalue weighted by atomic mass is 10.0. The van der Waals surface area contributed by atoms with Crippen molar-refractivity contribution in [1.29, 1.82) is 0 Å². The van der Waals surface area contributed by atoms with Crippen molar-refractivity contribution in [1.82, 2.24) is 4.72 Å². The highest BCUT2D eigenvalue weighted by molar-refractivity contribution is 7.89. The molecule has 0 unspecified atom stereocenters. The van der Waals surface area contributed by atoms with E-state index >= 15 is 0 Å². The fourth-order valence-electron chi connectivity index (χ4n) is 1.78. The molecule has 0 saturated heterocycles. The molecule has 0 bridgehead atoms. The predicted octanol–water partition coefficient (Wildman–Crippen LogP) is 1.99. The van der Waals surface area contributed by atoms with Gasteiger partial charge in [-0.25, -0.2) is 13.1 Å². The van der Waals surface area contributed by atoms with Crippen LogP contribution in [0.1, 0.15) is 26.7 Å². The SMILES string of the molecule is CCC(CC)CNS(=O)(=O)c1ccc(OC)cc1N. The number of rotatable bonds is 7. The third kappa shape index (κ3) is 4.11. The molecule has 0 aliphatic heterocycles. The van der Waals surface area contributed by atoms with Crippen molar-refractivity contribution in [3.8, 4) is 5.75 Å². The molecular formula is C13H22N2O3S. The second-order valence-corrected chi connectivity index (χ2v) is 6.17. The summed E-state index contributed by atoms with van der Waals surface area (Å²) in [6.45, 7) is 4.52. The summed E-state index contributed by atoms with van der Waals surface area (Å²) in [4.78, 5) is 0.0965. The second-order valence-electron chi connectivity index (χ2n) is 4.44. The van der Waals surface area contributed by atoms with Gasteiger partial charge in [0.1, 0.15) is 10.6 Å². The van der Waals surface area contributed by atoms with Crippen LogP contribution in [0.15, 0.2) is 23.1 Å². The molecule has 6 heteroatoms. The number of ether oxygens (including phenoxy) is 1. The van der Waals surface area contributed by atoms with E-state index in [1.807, 2.05) is 13.8 Å². The van der Waals surface area contributed by atoms with E-state index in [2.05, 4.69) is 4.72 Å². The molecule has 0 aromatic heterocycles. The maximum atomic E-state index is 12.2. The molecule has 0 saturated carbocycles. The molecule has 0 aliphatic rings. The minimum absolute atomic E-state index is 0.0965. The monoisotopic (exact) mass is 286 g/mol. The van der Waals surface area contributed by atoms with Crippen LogP contribution in [0.5, 0.6) is 5.75 Å². The van der Waals surface area contributed by atoms with Crippen LogP contribution in [-0.4, -0.2) is 22.1 Å². The lowest BCUT2D eigenvalue weighted by molar-refractivity contribution is 0.414. The van der Waals surface area contributed by atoms with Gasteiger partial charge in [0.25, 0.3) is 0 Å². The summed E-state index contributed by atoms with van der Waals surface area (Å²) in [5.74, 6) is 0.880. The molecule has 0 spiro atoms. The minimum Gasteiger partial charge on any atom is -0.497 e. The highest BCUT2D eigenvalue weighted by Crippen LogP contribution is 2.23. The Hall–Kier alpha value is -1.27. The first-order chi connectivity index (χ1) is 8.94. The van der Waals surface area contributed by atoms with Crippen LogP contribution >= 0.6 is 0 Å². The molecule has 1 rings (SSSR count). The van der Waals surface area contributed by atoms with Gasteiger partial charge in [-0.15, -0.1) is 0 Å². The largest absolute Gasteiger partial charge is 0.497 e. The zero-order chi connectivity index (χ0) is 14.5. The van der Waals surface area contributed by atoms with Crippen LogP contribution < -0.4 is 15.2 Å². The van der Waals surface area contributed by atoms with E-state index in [9.17, 15) is 8.42 Å². The highest BCUT2D eigenvalue weighted by atomic mass is 32.2. The first kappa shape index (κ1) is 15.8. The molecule has 5 nitrogen and oxygen atoms in total. The lowest BCUT2D eigenvalue weighted by Gasteiger charge is -2.14. The van der Waals surface area contributed by atoms with Crippen molar-refractivity contribution < 1.29 is 13.2 Å². The summed E-state index contributed by atoms with van der Waals surface area (Å²) in [7, 11) is -2.05. The summed E-state index contributed by atoms with van der Waals surface area (Å²) < 4.78 is 31.9. The molecule has 3 N–H and O–H groups in total. The van der Waals surface area contributed by atoms with E-state index in [-0.39, 0.29) is 10.6 Å². The number of sulfonamides is 1. The van der Waals surface area contributed by atoms with Crippen molar-refractivity contribution in [3.05, 3.63) is 18.2 Å². The Balaban J connectivity index is 2.88. The molecule has 0 heterocycles. The summed E-state index contributed by atoms with van der Waals surface area (Å²) in [5, 5.41) is 0. The van der Waals surface area contributed by atoms with Crippen molar-refractivity contribution in [2.24, 2.45) is 5.92 Å². The highest BCUT2D eigenvalue weighted by Gasteiger charge is 2.18. The van der Waals surface area contributed by atoms with Crippen LogP contribution in [0.4, 0.5) is 5.69 Å². The third-order valence-corrected chi connectivity index (χ3v) is 4.72. The van der Waals surface area contributed by atoms with Gasteiger partial charge in [-0.05, 0) is 18.1 Å². The number of anilines is 1. The van der Waals surface area contributed by atoms with Gasteiger partial charge < -0.3 is 10.5 Å². The van der Waals surface area contributed by atoms with Gasteiger partial charge >= 0.3 is 0 Å². The van der Waals surface area contributed by atoms with Gasteiger partial charge in [0.05, 0.1) is 12.8 Å². The molecule has 0 fully saturated rings. The maximum Gasteiger partial charge on any atom is 0.242 e. The fraction of sp³-hybridized carbons (Fsp3) is 0.538. The van der Waals surface area contributed by atoms with Crippen LogP contribution in [-0.2, 0) is 10.0 Å². The van der Waals surface area contributed by atoms with E-state index in [4.69, 9.17) is 10.5 Å². The van der Waals surface area contributed by atoms with Crippen LogP contribution in [0.3, 0.4) is 0 Å². The van der Waals surface area contributed by atoms with E-state index in [0.29, 0.717) is 18.2 Å². The van der Waals surface area contributed by atoms with Gasteiger partial charge in [0, 0.05) is 12.6 Å². The molecule has 19 heavy (non-hydrogen) atoms. The quantitative estimate of drug-likeness (QED) is 0.751. The molecule has 1 aromatic rings. The van der Waals surface area contributed by atoms with Gasteiger partial charge in [-0.2, -0.15) is 0 Å². The minimum atomic E-state index is -3.56. The number of nitrogens with one attached hydrogen (secondary N) is 1. The van der Waals surface area contributed by atoms with Crippen molar-refractivity contribution in [2.45, 2.75) is 31.6 Å². The molecule has 0 amide bonds. The molecule has 0 atom stereocenters. The Kier molecular flexibility index (Phi) is 5.62. The Labute approximate surface area is 115 Å². The van der Waals surface area contributed by atoms with E-state index in [1.165, 1.54) is 19.2 Å². The van der Waals surface area contributed by atoms with Crippen molar-refractivity contribution in [2.75, 3.05) is 19.4 Å². The van der Waals surface area contributed by atoms with Gasteiger partial charge in [0.2, 0.25) is 10.0 Å². The van der Waals surface area contributed by atoms with Gasteiger partial charge in [-0.3, -0.25) is 0 Å². The topological polar surface area (TPSA) is 81.4 Å². The third-order valence-electron chi connectivity index (χ3n) is 3.22. The Bertz CT molecular complexity index is 511. The van der Waals surface area contributed by atoms with Gasteiger partial charge in [0.15, 0.2) is 0 Å². The number of hydrogen-bond acceptors (Lipinski definition) is 4. The first-order valence-corrected chi connectivity index (χ1v) is 7.86. The number of hydrogen-bond donors (Lipinski definition) is 2. The van der Waals surface area contributed by atoms with Crippen molar-refractivity contribution >= 4 is 15.7 Å². The maximum absolute atomic E-state index is 12.2.